The molecule has 1 aromatic carbocycles. The largest absolute Gasteiger partial charge is 0.207 e. The Bertz CT molecular complexity index is 537. The van der Waals surface area contributed by atoms with Gasteiger partial charge in [0.15, 0.2) is 0 Å². The Morgan fingerprint density at radius 1 is 1.05 bits per heavy atom. The van der Waals surface area contributed by atoms with E-state index in [-0.39, 0.29) is 5.82 Å². The van der Waals surface area contributed by atoms with Gasteiger partial charge in [-0.1, -0.05) is 31.4 Å². The van der Waals surface area contributed by atoms with E-state index >= 15 is 0 Å². The fourth-order valence-corrected chi connectivity index (χ4v) is 4.11. The lowest BCUT2D eigenvalue weighted by atomic mass is 9.74. The first-order chi connectivity index (χ1) is 10.2. The van der Waals surface area contributed by atoms with Crippen LogP contribution >= 0.6 is 0 Å². The predicted molar refractivity (Wildman–Crippen MR) is 83.0 cm³/mol. The Hall–Kier alpha value is -1.18. The third-order valence-electron chi connectivity index (χ3n) is 5.27. The zero-order valence-corrected chi connectivity index (χ0v) is 12.8. The number of fused-ring (bicyclic) bond motifs is 1. The Balaban J connectivity index is 1.74. The number of hydrogen-bond donors (Lipinski definition) is 0. The van der Waals surface area contributed by atoms with Crippen LogP contribution in [0.1, 0.15) is 63.0 Å². The standard InChI is InChI=1S/C19H24F2/c1-2-3-13-4-6-14(7-5-13)15-8-9-18-16(10-15)11-17(20)12-19(18)21/h10-14H,2-9H2,1H3. The van der Waals surface area contributed by atoms with Gasteiger partial charge in [0, 0.05) is 6.07 Å². The van der Waals surface area contributed by atoms with Crippen LogP contribution in [0.2, 0.25) is 0 Å². The number of halogens is 2. The molecule has 21 heavy (non-hydrogen) atoms. The molecule has 114 valence electrons. The molecule has 0 N–H and O–H groups in total. The summed E-state index contributed by atoms with van der Waals surface area (Å²) in [4.78, 5) is 0. The van der Waals surface area contributed by atoms with Crippen molar-refractivity contribution >= 4 is 6.08 Å². The van der Waals surface area contributed by atoms with E-state index in [0.717, 1.165) is 30.4 Å². The van der Waals surface area contributed by atoms with Crippen molar-refractivity contribution in [3.63, 3.8) is 0 Å². The van der Waals surface area contributed by atoms with Crippen molar-refractivity contribution in [2.24, 2.45) is 11.8 Å². The van der Waals surface area contributed by atoms with E-state index in [2.05, 4.69) is 13.0 Å². The summed E-state index contributed by atoms with van der Waals surface area (Å²) in [5.74, 6) is 0.692. The second-order valence-corrected chi connectivity index (χ2v) is 6.68. The Morgan fingerprint density at radius 2 is 1.81 bits per heavy atom. The molecule has 1 aromatic rings. The molecule has 0 spiro atoms. The molecule has 1 fully saturated rings. The fraction of sp³-hybridized carbons (Fsp3) is 0.579. The highest BCUT2D eigenvalue weighted by Crippen LogP contribution is 2.39. The molecule has 0 aliphatic heterocycles. The van der Waals surface area contributed by atoms with Crippen molar-refractivity contribution < 1.29 is 8.78 Å². The van der Waals surface area contributed by atoms with Gasteiger partial charge < -0.3 is 0 Å². The van der Waals surface area contributed by atoms with E-state index in [1.807, 2.05) is 0 Å². The third-order valence-corrected chi connectivity index (χ3v) is 5.27. The highest BCUT2D eigenvalue weighted by Gasteiger charge is 2.25. The first kappa shape index (κ1) is 14.7. The molecule has 0 saturated heterocycles. The SMILES string of the molecule is CCCC1CCC(C2=Cc3cc(F)cc(F)c3CC2)CC1. The van der Waals surface area contributed by atoms with Crippen LogP contribution in [0.3, 0.4) is 0 Å². The van der Waals surface area contributed by atoms with Crippen LogP contribution in [-0.2, 0) is 6.42 Å². The van der Waals surface area contributed by atoms with Gasteiger partial charge >= 0.3 is 0 Å². The Labute approximate surface area is 126 Å². The maximum Gasteiger partial charge on any atom is 0.129 e. The second kappa shape index (κ2) is 6.29. The van der Waals surface area contributed by atoms with Gasteiger partial charge in [0.25, 0.3) is 0 Å². The highest BCUT2D eigenvalue weighted by atomic mass is 19.1. The quantitative estimate of drug-likeness (QED) is 0.650. The topological polar surface area (TPSA) is 0 Å². The Morgan fingerprint density at radius 3 is 2.52 bits per heavy atom. The van der Waals surface area contributed by atoms with Crippen LogP contribution in [-0.4, -0.2) is 0 Å². The second-order valence-electron chi connectivity index (χ2n) is 6.68. The average molecular weight is 290 g/mol. The van der Waals surface area contributed by atoms with Crippen LogP contribution in [0.15, 0.2) is 17.7 Å². The van der Waals surface area contributed by atoms with Crippen molar-refractivity contribution in [2.75, 3.05) is 0 Å². The molecule has 2 aliphatic carbocycles. The molecule has 0 atom stereocenters. The van der Waals surface area contributed by atoms with E-state index in [1.54, 1.807) is 0 Å². The van der Waals surface area contributed by atoms with Gasteiger partial charge in [0.05, 0.1) is 0 Å². The minimum atomic E-state index is -0.463. The van der Waals surface area contributed by atoms with Gasteiger partial charge in [-0.2, -0.15) is 0 Å². The van der Waals surface area contributed by atoms with Crippen molar-refractivity contribution in [3.8, 4) is 0 Å². The van der Waals surface area contributed by atoms with Crippen molar-refractivity contribution in [2.45, 2.75) is 58.3 Å². The minimum absolute atomic E-state index is 0.382. The lowest BCUT2D eigenvalue weighted by molar-refractivity contribution is 0.283. The molecule has 0 nitrogen and oxygen atoms in total. The number of hydrogen-bond acceptors (Lipinski definition) is 0. The third kappa shape index (κ3) is 3.20. The van der Waals surface area contributed by atoms with Crippen molar-refractivity contribution in [1.82, 2.24) is 0 Å². The summed E-state index contributed by atoms with van der Waals surface area (Å²) in [5, 5.41) is 0. The molecule has 1 saturated carbocycles. The van der Waals surface area contributed by atoms with E-state index in [1.165, 1.54) is 50.2 Å². The molecule has 0 aromatic heterocycles. The molecule has 0 unspecified atom stereocenters. The first-order valence-electron chi connectivity index (χ1n) is 8.35. The smallest absolute Gasteiger partial charge is 0.129 e. The van der Waals surface area contributed by atoms with Gasteiger partial charge in [0.1, 0.15) is 11.6 Å². The molecular weight excluding hydrogens is 266 g/mol. The van der Waals surface area contributed by atoms with Crippen LogP contribution in [0.25, 0.3) is 6.08 Å². The zero-order valence-electron chi connectivity index (χ0n) is 12.8. The first-order valence-corrected chi connectivity index (χ1v) is 8.35. The van der Waals surface area contributed by atoms with E-state index < -0.39 is 5.82 Å². The maximum absolute atomic E-state index is 13.8. The lowest BCUT2D eigenvalue weighted by Crippen LogP contribution is -2.18. The molecule has 0 bridgehead atoms. The highest BCUT2D eigenvalue weighted by molar-refractivity contribution is 5.60. The van der Waals surface area contributed by atoms with E-state index in [0.29, 0.717) is 11.5 Å². The number of allylic oxidation sites excluding steroid dienone is 1. The number of rotatable bonds is 3. The summed E-state index contributed by atoms with van der Waals surface area (Å²) < 4.78 is 27.2. The monoisotopic (exact) mass is 290 g/mol. The predicted octanol–water partition coefficient (Wildman–Crippen LogP) is 5.90. The fourth-order valence-electron chi connectivity index (χ4n) is 4.11. The average Bonchev–Trinajstić information content (AvgIpc) is 2.47. The number of benzene rings is 1. The van der Waals surface area contributed by atoms with E-state index in [9.17, 15) is 8.78 Å². The normalized spacial score (nSPS) is 25.4. The Kier molecular flexibility index (Phi) is 4.42. The summed E-state index contributed by atoms with van der Waals surface area (Å²) in [6, 6.07) is 2.49. The van der Waals surface area contributed by atoms with Crippen LogP contribution in [0, 0.1) is 23.5 Å². The van der Waals surface area contributed by atoms with Gasteiger partial charge in [0.2, 0.25) is 0 Å². The van der Waals surface area contributed by atoms with Crippen molar-refractivity contribution in [1.29, 1.82) is 0 Å². The van der Waals surface area contributed by atoms with Gasteiger partial charge in [-0.25, -0.2) is 8.78 Å². The molecule has 2 heteroatoms. The summed E-state index contributed by atoms with van der Waals surface area (Å²) in [7, 11) is 0. The molecule has 0 amide bonds. The summed E-state index contributed by atoms with van der Waals surface area (Å²) in [6.45, 7) is 2.26. The van der Waals surface area contributed by atoms with Crippen LogP contribution in [0.5, 0.6) is 0 Å². The summed E-state index contributed by atoms with van der Waals surface area (Å²) in [6.07, 6.45) is 11.5. The van der Waals surface area contributed by atoms with Crippen LogP contribution in [0.4, 0.5) is 8.78 Å². The molecular formula is C19H24F2. The van der Waals surface area contributed by atoms with Crippen molar-refractivity contribution in [3.05, 3.63) is 40.5 Å². The molecule has 0 heterocycles. The summed E-state index contributed by atoms with van der Waals surface area (Å²) in [5.41, 5.74) is 2.88. The van der Waals surface area contributed by atoms with E-state index in [4.69, 9.17) is 0 Å². The summed E-state index contributed by atoms with van der Waals surface area (Å²) >= 11 is 0. The van der Waals surface area contributed by atoms with Gasteiger partial charge in [-0.05, 0) is 67.6 Å². The van der Waals surface area contributed by atoms with Gasteiger partial charge in [-0.15, -0.1) is 0 Å². The zero-order chi connectivity index (χ0) is 14.8. The van der Waals surface area contributed by atoms with Crippen LogP contribution < -0.4 is 0 Å². The van der Waals surface area contributed by atoms with Gasteiger partial charge in [-0.3, -0.25) is 0 Å². The minimum Gasteiger partial charge on any atom is -0.207 e. The molecule has 3 rings (SSSR count). The maximum atomic E-state index is 13.8. The molecule has 2 aliphatic rings. The molecule has 0 radical (unpaired) electrons. The lowest BCUT2D eigenvalue weighted by Gasteiger charge is -2.31.